The third-order valence-corrected chi connectivity index (χ3v) is 2.09. The average molecular weight is 124 g/mol. The SMILES string of the molecule is CCC1=CCCCCC1. The summed E-state index contributed by atoms with van der Waals surface area (Å²) in [7, 11) is 0. The monoisotopic (exact) mass is 124 g/mol. The van der Waals surface area contributed by atoms with Crippen molar-refractivity contribution >= 4 is 0 Å². The number of hydrogen-bond acceptors (Lipinski definition) is 0. The van der Waals surface area contributed by atoms with E-state index in [0.717, 1.165) is 0 Å². The summed E-state index contributed by atoms with van der Waals surface area (Å²) in [6.45, 7) is 2.26. The molecule has 1 rings (SSSR count). The van der Waals surface area contributed by atoms with Gasteiger partial charge in [-0.1, -0.05) is 25.0 Å². The summed E-state index contributed by atoms with van der Waals surface area (Å²) < 4.78 is 0. The van der Waals surface area contributed by atoms with Crippen molar-refractivity contribution in [3.63, 3.8) is 0 Å². The lowest BCUT2D eigenvalue weighted by atomic mass is 10.1. The summed E-state index contributed by atoms with van der Waals surface area (Å²) in [6, 6.07) is 0. The van der Waals surface area contributed by atoms with E-state index in [1.807, 2.05) is 0 Å². The van der Waals surface area contributed by atoms with Gasteiger partial charge in [-0.3, -0.25) is 0 Å². The van der Waals surface area contributed by atoms with Gasteiger partial charge in [0, 0.05) is 0 Å². The van der Waals surface area contributed by atoms with Crippen molar-refractivity contribution < 1.29 is 0 Å². The molecular formula is C9H16. The summed E-state index contributed by atoms with van der Waals surface area (Å²) >= 11 is 0. The van der Waals surface area contributed by atoms with E-state index in [2.05, 4.69) is 13.0 Å². The number of allylic oxidation sites excluding steroid dienone is 2. The van der Waals surface area contributed by atoms with E-state index in [1.165, 1.54) is 38.5 Å². The van der Waals surface area contributed by atoms with Gasteiger partial charge in [0.2, 0.25) is 0 Å². The average Bonchev–Trinajstić information content (AvgIpc) is 2.13. The quantitative estimate of drug-likeness (QED) is 0.470. The molecule has 0 unspecified atom stereocenters. The van der Waals surface area contributed by atoms with Crippen LogP contribution in [0.5, 0.6) is 0 Å². The molecule has 0 aromatic rings. The van der Waals surface area contributed by atoms with Crippen molar-refractivity contribution in [2.24, 2.45) is 0 Å². The molecule has 1 aliphatic rings. The predicted molar refractivity (Wildman–Crippen MR) is 41.5 cm³/mol. The van der Waals surface area contributed by atoms with Crippen LogP contribution in [0.25, 0.3) is 0 Å². The smallest absolute Gasteiger partial charge is 0.0320 e. The Balaban J connectivity index is 2.37. The van der Waals surface area contributed by atoms with Crippen molar-refractivity contribution in [1.29, 1.82) is 0 Å². The molecule has 0 N–H and O–H groups in total. The molecule has 0 atom stereocenters. The summed E-state index contributed by atoms with van der Waals surface area (Å²) in [6.07, 6.45) is 10.7. The van der Waals surface area contributed by atoms with Crippen molar-refractivity contribution in [1.82, 2.24) is 0 Å². The fraction of sp³-hybridized carbons (Fsp3) is 0.778. The zero-order chi connectivity index (χ0) is 6.53. The van der Waals surface area contributed by atoms with E-state index in [4.69, 9.17) is 0 Å². The Morgan fingerprint density at radius 1 is 1.33 bits per heavy atom. The second-order valence-corrected chi connectivity index (χ2v) is 2.82. The molecule has 0 aromatic carbocycles. The van der Waals surface area contributed by atoms with Crippen molar-refractivity contribution in [2.75, 3.05) is 0 Å². The van der Waals surface area contributed by atoms with Crippen LogP contribution in [0.3, 0.4) is 0 Å². The summed E-state index contributed by atoms with van der Waals surface area (Å²) in [5.74, 6) is 0. The van der Waals surface area contributed by atoms with Crippen LogP contribution in [0.4, 0.5) is 0 Å². The topological polar surface area (TPSA) is 0 Å². The maximum absolute atomic E-state index is 2.44. The van der Waals surface area contributed by atoms with Gasteiger partial charge < -0.3 is 0 Å². The lowest BCUT2D eigenvalue weighted by Gasteiger charge is -1.97. The second kappa shape index (κ2) is 3.71. The van der Waals surface area contributed by atoms with Crippen LogP contribution in [0.2, 0.25) is 0 Å². The highest BCUT2D eigenvalue weighted by Gasteiger charge is 1.98. The largest absolute Gasteiger partial charge is 0.0853 e. The Bertz CT molecular complexity index is 101. The fourth-order valence-corrected chi connectivity index (χ4v) is 1.40. The number of rotatable bonds is 1. The molecule has 0 aliphatic heterocycles. The van der Waals surface area contributed by atoms with Crippen LogP contribution < -0.4 is 0 Å². The second-order valence-electron chi connectivity index (χ2n) is 2.82. The van der Waals surface area contributed by atoms with E-state index in [9.17, 15) is 0 Å². The Hall–Kier alpha value is -0.260. The molecule has 0 nitrogen and oxygen atoms in total. The van der Waals surface area contributed by atoms with Gasteiger partial charge in [-0.05, 0) is 32.1 Å². The minimum absolute atomic E-state index is 1.28. The zero-order valence-electron chi connectivity index (χ0n) is 6.32. The Morgan fingerprint density at radius 2 is 2.22 bits per heavy atom. The molecule has 9 heavy (non-hydrogen) atoms. The van der Waals surface area contributed by atoms with Gasteiger partial charge in [0.25, 0.3) is 0 Å². The maximum atomic E-state index is 2.44. The predicted octanol–water partition coefficient (Wildman–Crippen LogP) is 3.29. The summed E-state index contributed by atoms with van der Waals surface area (Å²) in [5.41, 5.74) is 1.69. The molecule has 0 heteroatoms. The lowest BCUT2D eigenvalue weighted by Crippen LogP contribution is -1.77. The van der Waals surface area contributed by atoms with Gasteiger partial charge >= 0.3 is 0 Å². The minimum Gasteiger partial charge on any atom is -0.0853 e. The minimum atomic E-state index is 1.28. The van der Waals surface area contributed by atoms with E-state index in [-0.39, 0.29) is 0 Å². The molecule has 0 bridgehead atoms. The maximum Gasteiger partial charge on any atom is -0.0320 e. The van der Waals surface area contributed by atoms with Gasteiger partial charge in [-0.15, -0.1) is 0 Å². The molecule has 52 valence electrons. The molecule has 0 amide bonds. The number of hydrogen-bond donors (Lipinski definition) is 0. The molecular weight excluding hydrogens is 108 g/mol. The first-order chi connectivity index (χ1) is 4.43. The van der Waals surface area contributed by atoms with E-state index < -0.39 is 0 Å². The molecule has 0 fully saturated rings. The highest BCUT2D eigenvalue weighted by molar-refractivity contribution is 5.02. The Morgan fingerprint density at radius 3 is 3.00 bits per heavy atom. The highest BCUT2D eigenvalue weighted by Crippen LogP contribution is 2.18. The van der Waals surface area contributed by atoms with Crippen LogP contribution in [-0.2, 0) is 0 Å². The van der Waals surface area contributed by atoms with Crippen molar-refractivity contribution in [2.45, 2.75) is 45.4 Å². The van der Waals surface area contributed by atoms with Crippen LogP contribution >= 0.6 is 0 Å². The first-order valence-corrected chi connectivity index (χ1v) is 4.11. The zero-order valence-corrected chi connectivity index (χ0v) is 6.32. The van der Waals surface area contributed by atoms with Crippen LogP contribution in [0, 0.1) is 0 Å². The third-order valence-electron chi connectivity index (χ3n) is 2.09. The molecule has 0 heterocycles. The van der Waals surface area contributed by atoms with E-state index in [0.29, 0.717) is 0 Å². The fourth-order valence-electron chi connectivity index (χ4n) is 1.40. The Kier molecular flexibility index (Phi) is 2.82. The van der Waals surface area contributed by atoms with E-state index in [1.54, 1.807) is 5.57 Å². The normalized spacial score (nSPS) is 20.8. The van der Waals surface area contributed by atoms with Gasteiger partial charge in [0.1, 0.15) is 0 Å². The molecule has 0 spiro atoms. The van der Waals surface area contributed by atoms with Crippen molar-refractivity contribution in [3.05, 3.63) is 11.6 Å². The molecule has 0 saturated heterocycles. The standard InChI is InChI=1S/C9H16/c1-2-9-7-5-3-4-6-8-9/h7H,2-6,8H2,1H3. The summed E-state index contributed by atoms with van der Waals surface area (Å²) in [4.78, 5) is 0. The highest BCUT2D eigenvalue weighted by atomic mass is 14.0. The van der Waals surface area contributed by atoms with Gasteiger partial charge in [-0.25, -0.2) is 0 Å². The lowest BCUT2D eigenvalue weighted by molar-refractivity contribution is 0.705. The van der Waals surface area contributed by atoms with Gasteiger partial charge in [0.15, 0.2) is 0 Å². The van der Waals surface area contributed by atoms with Gasteiger partial charge in [-0.2, -0.15) is 0 Å². The molecule has 1 aliphatic carbocycles. The van der Waals surface area contributed by atoms with Crippen LogP contribution in [0.15, 0.2) is 11.6 Å². The molecule has 0 aromatic heterocycles. The van der Waals surface area contributed by atoms with Gasteiger partial charge in [0.05, 0.1) is 0 Å². The molecule has 0 radical (unpaired) electrons. The molecule has 0 saturated carbocycles. The first-order valence-electron chi connectivity index (χ1n) is 4.11. The van der Waals surface area contributed by atoms with Crippen LogP contribution in [-0.4, -0.2) is 0 Å². The van der Waals surface area contributed by atoms with Crippen molar-refractivity contribution in [3.8, 4) is 0 Å². The Labute approximate surface area is 58.0 Å². The van der Waals surface area contributed by atoms with E-state index >= 15 is 0 Å². The van der Waals surface area contributed by atoms with Crippen LogP contribution in [0.1, 0.15) is 45.4 Å². The summed E-state index contributed by atoms with van der Waals surface area (Å²) in [5, 5.41) is 0. The third kappa shape index (κ3) is 2.21. The first kappa shape index (κ1) is 6.85.